The summed E-state index contributed by atoms with van der Waals surface area (Å²) in [6, 6.07) is 0. The van der Waals surface area contributed by atoms with Crippen molar-refractivity contribution in [2.45, 2.75) is 18.7 Å². The largest absolute Gasteiger partial charge is 0.123 e. The smallest absolute Gasteiger partial charge is 0.0316 e. The number of hydrogen-bond donors (Lipinski definition) is 0. The molecule has 0 aromatic rings. The van der Waals surface area contributed by atoms with Gasteiger partial charge in [-0.05, 0) is 13.3 Å². The van der Waals surface area contributed by atoms with Crippen molar-refractivity contribution < 1.29 is 0 Å². The molecule has 0 saturated carbocycles. The summed E-state index contributed by atoms with van der Waals surface area (Å²) in [5.41, 5.74) is 0. The Morgan fingerprint density at radius 3 is 2.33 bits per heavy atom. The maximum absolute atomic E-state index is 5.51. The third-order valence-corrected chi connectivity index (χ3v) is 0.970. The van der Waals surface area contributed by atoms with Gasteiger partial charge in [0.05, 0.1) is 0 Å². The molecule has 0 N–H and O–H groups in total. The van der Waals surface area contributed by atoms with E-state index in [1.54, 1.807) is 0 Å². The van der Waals surface area contributed by atoms with E-state index >= 15 is 0 Å². The minimum absolute atomic E-state index is 0.266. The van der Waals surface area contributed by atoms with E-state index in [0.29, 0.717) is 0 Å². The van der Waals surface area contributed by atoms with Gasteiger partial charge in [-0.25, -0.2) is 0 Å². The van der Waals surface area contributed by atoms with Crippen LogP contribution in [-0.2, 0) is 0 Å². The summed E-state index contributed by atoms with van der Waals surface area (Å²) in [7, 11) is 0. The topological polar surface area (TPSA) is 0 Å². The van der Waals surface area contributed by atoms with Crippen molar-refractivity contribution in [2.75, 3.05) is 5.75 Å². The summed E-state index contributed by atoms with van der Waals surface area (Å²) >= 11 is 10.2. The molecule has 0 aromatic carbocycles. The zero-order chi connectivity index (χ0) is 4.99. The Labute approximate surface area is 49.3 Å². The molecule has 0 rings (SSSR count). The molecule has 0 aliphatic rings. The highest BCUT2D eigenvalue weighted by molar-refractivity contribution is 7.80. The van der Waals surface area contributed by atoms with E-state index < -0.39 is 0 Å². The number of halogens is 1. The van der Waals surface area contributed by atoms with Gasteiger partial charge in [0, 0.05) is 11.1 Å². The fraction of sp³-hybridized carbons (Fsp3) is 1.00. The molecule has 1 atom stereocenters. The molecule has 0 aliphatic carbocycles. The van der Waals surface area contributed by atoms with Gasteiger partial charge < -0.3 is 0 Å². The third kappa shape index (κ3) is 4.64. The minimum Gasteiger partial charge on any atom is -0.123 e. The van der Waals surface area contributed by atoms with Crippen LogP contribution in [0.25, 0.3) is 0 Å². The first kappa shape index (κ1) is 6.64. The molecule has 0 saturated heterocycles. The highest BCUT2D eigenvalue weighted by atomic mass is 35.5. The molecule has 37 valence electrons. The van der Waals surface area contributed by atoms with Gasteiger partial charge >= 0.3 is 0 Å². The third-order valence-electron chi connectivity index (χ3n) is 0.516. The zero-order valence-electron chi connectivity index (χ0n) is 3.78. The Hall–Kier alpha value is 0.640. The Morgan fingerprint density at radius 2 is 2.33 bits per heavy atom. The molecule has 0 bridgehead atoms. The average molecular weight is 124 g/mol. The molecule has 0 aliphatic heterocycles. The Kier molecular flexibility index (Phi) is 4.22. The van der Waals surface area contributed by atoms with E-state index in [9.17, 15) is 0 Å². The number of rotatable bonds is 2. The first-order valence-corrected chi connectivity index (χ1v) is 3.01. The Balaban J connectivity index is 2.63. The average Bonchev–Trinajstić information content (AvgIpc) is 1.35. The molecule has 0 heterocycles. The zero-order valence-corrected chi connectivity index (χ0v) is 5.35. The molecule has 6 heavy (non-hydrogen) atoms. The predicted molar refractivity (Wildman–Crippen MR) is 32.4 cm³/mol. The van der Waals surface area contributed by atoms with Gasteiger partial charge in [-0.2, -0.15) is 0 Å². The lowest BCUT2D eigenvalue weighted by Crippen LogP contribution is -1.88. The lowest BCUT2D eigenvalue weighted by atomic mass is 10.4. The number of alkyl halides is 1. The SMILES string of the molecule is CC(Cl)CC[S]. The van der Waals surface area contributed by atoms with Crippen LogP contribution < -0.4 is 0 Å². The van der Waals surface area contributed by atoms with Crippen LogP contribution in [0.3, 0.4) is 0 Å². The van der Waals surface area contributed by atoms with Crippen LogP contribution in [-0.4, -0.2) is 11.1 Å². The standard InChI is InChI=1S/C4H8ClS/c1-4(5)2-3-6/h4H,2-3H2,1H3. The summed E-state index contributed by atoms with van der Waals surface area (Å²) in [6.45, 7) is 1.95. The lowest BCUT2D eigenvalue weighted by Gasteiger charge is -1.92. The molecule has 1 unspecified atom stereocenters. The van der Waals surface area contributed by atoms with Crippen molar-refractivity contribution >= 4 is 24.2 Å². The van der Waals surface area contributed by atoms with Crippen molar-refractivity contribution in [3.05, 3.63) is 0 Å². The van der Waals surface area contributed by atoms with Crippen LogP contribution >= 0.6 is 24.2 Å². The first-order valence-electron chi connectivity index (χ1n) is 1.99. The fourth-order valence-corrected chi connectivity index (χ4v) is 0.754. The van der Waals surface area contributed by atoms with Gasteiger partial charge in [-0.15, -0.1) is 11.6 Å². The minimum atomic E-state index is 0.266. The summed E-state index contributed by atoms with van der Waals surface area (Å²) in [4.78, 5) is 0. The molecule has 2 heteroatoms. The van der Waals surface area contributed by atoms with Crippen molar-refractivity contribution in [3.8, 4) is 0 Å². The molecule has 0 nitrogen and oxygen atoms in total. The van der Waals surface area contributed by atoms with Crippen LogP contribution in [0.15, 0.2) is 0 Å². The van der Waals surface area contributed by atoms with E-state index in [1.165, 1.54) is 0 Å². The van der Waals surface area contributed by atoms with Gasteiger partial charge in [0.1, 0.15) is 0 Å². The normalized spacial score (nSPS) is 14.5. The Bertz CT molecular complexity index is 28.7. The summed E-state index contributed by atoms with van der Waals surface area (Å²) in [5.74, 6) is 0.782. The maximum Gasteiger partial charge on any atom is 0.0316 e. The second kappa shape index (κ2) is 3.82. The van der Waals surface area contributed by atoms with E-state index in [4.69, 9.17) is 11.6 Å². The van der Waals surface area contributed by atoms with Crippen molar-refractivity contribution in [1.82, 2.24) is 0 Å². The monoisotopic (exact) mass is 123 g/mol. The molecule has 0 amide bonds. The molecular formula is C4H8ClS. The Morgan fingerprint density at radius 1 is 1.83 bits per heavy atom. The van der Waals surface area contributed by atoms with Crippen LogP contribution in [0, 0.1) is 0 Å². The van der Waals surface area contributed by atoms with Gasteiger partial charge in [0.15, 0.2) is 0 Å². The molecule has 0 spiro atoms. The predicted octanol–water partition coefficient (Wildman–Crippen LogP) is 2.20. The maximum atomic E-state index is 5.51. The quantitative estimate of drug-likeness (QED) is 0.494. The van der Waals surface area contributed by atoms with E-state index in [1.807, 2.05) is 6.92 Å². The highest BCUT2D eigenvalue weighted by Gasteiger charge is 1.89. The second-order valence-corrected chi connectivity index (χ2v) is 2.43. The first-order chi connectivity index (χ1) is 2.77. The van der Waals surface area contributed by atoms with Gasteiger partial charge in [-0.1, -0.05) is 12.6 Å². The molecule has 0 fully saturated rings. The fourth-order valence-electron chi connectivity index (χ4n) is 0.162. The van der Waals surface area contributed by atoms with Crippen LogP contribution in [0.5, 0.6) is 0 Å². The number of hydrogen-bond acceptors (Lipinski definition) is 0. The van der Waals surface area contributed by atoms with Crippen LogP contribution in [0.4, 0.5) is 0 Å². The molecule has 1 radical (unpaired) electrons. The lowest BCUT2D eigenvalue weighted by molar-refractivity contribution is 0.908. The van der Waals surface area contributed by atoms with E-state index in [2.05, 4.69) is 12.6 Å². The van der Waals surface area contributed by atoms with Crippen LogP contribution in [0.1, 0.15) is 13.3 Å². The van der Waals surface area contributed by atoms with Crippen molar-refractivity contribution in [1.29, 1.82) is 0 Å². The van der Waals surface area contributed by atoms with E-state index in [0.717, 1.165) is 12.2 Å². The molecular weight excluding hydrogens is 116 g/mol. The van der Waals surface area contributed by atoms with Crippen molar-refractivity contribution in [3.63, 3.8) is 0 Å². The van der Waals surface area contributed by atoms with Crippen molar-refractivity contribution in [2.24, 2.45) is 0 Å². The van der Waals surface area contributed by atoms with Gasteiger partial charge in [-0.3, -0.25) is 0 Å². The summed E-state index contributed by atoms with van der Waals surface area (Å²) < 4.78 is 0. The van der Waals surface area contributed by atoms with Gasteiger partial charge in [0.2, 0.25) is 0 Å². The summed E-state index contributed by atoms with van der Waals surface area (Å²) in [6.07, 6.45) is 0.955. The van der Waals surface area contributed by atoms with Gasteiger partial charge in [0.25, 0.3) is 0 Å². The van der Waals surface area contributed by atoms with E-state index in [-0.39, 0.29) is 5.38 Å². The highest BCUT2D eigenvalue weighted by Crippen LogP contribution is 1.99. The second-order valence-electron chi connectivity index (χ2n) is 1.27. The molecule has 0 aromatic heterocycles. The van der Waals surface area contributed by atoms with Crippen LogP contribution in [0.2, 0.25) is 0 Å². The summed E-state index contributed by atoms with van der Waals surface area (Å²) in [5, 5.41) is 0.266.